The summed E-state index contributed by atoms with van der Waals surface area (Å²) in [6.07, 6.45) is 7.75. The molecule has 0 bridgehead atoms. The van der Waals surface area contributed by atoms with Gasteiger partial charge in [-0.3, -0.25) is 9.59 Å². The molecular weight excluding hydrogens is 360 g/mol. The maximum Gasteiger partial charge on any atom is 0.199 e. The molecular formula is C25H24N2O2. The second-order valence-electron chi connectivity index (χ2n) is 7.91. The normalized spacial score (nSPS) is 19.0. The second kappa shape index (κ2) is 7.45. The zero-order chi connectivity index (χ0) is 19.8. The average molecular weight is 384 g/mol. The molecule has 4 heteroatoms. The van der Waals surface area contributed by atoms with Crippen molar-refractivity contribution >= 4 is 23.3 Å². The standard InChI is InChI=1S/C25H24N2O2/c28-24-19-9-3-4-10-20(19)25(29)23(24)22-13-12-18-8-2-5-11-21(18)27(22)17-16-26-14-6-1-7-15-26/h2-5,8-13H,1,6-7,14-17H2. The van der Waals surface area contributed by atoms with E-state index in [1.807, 2.05) is 36.4 Å². The van der Waals surface area contributed by atoms with Crippen molar-refractivity contribution in [2.45, 2.75) is 19.3 Å². The van der Waals surface area contributed by atoms with Gasteiger partial charge < -0.3 is 9.80 Å². The first-order valence-corrected chi connectivity index (χ1v) is 10.4. The van der Waals surface area contributed by atoms with Crippen molar-refractivity contribution in [3.63, 3.8) is 0 Å². The minimum Gasteiger partial charge on any atom is -0.339 e. The van der Waals surface area contributed by atoms with E-state index in [0.29, 0.717) is 16.7 Å². The van der Waals surface area contributed by atoms with Crippen LogP contribution >= 0.6 is 0 Å². The number of anilines is 1. The van der Waals surface area contributed by atoms with Gasteiger partial charge in [0.15, 0.2) is 11.6 Å². The van der Waals surface area contributed by atoms with E-state index in [0.717, 1.165) is 43.1 Å². The number of carbonyl (C=O) groups excluding carboxylic acids is 2. The molecule has 3 aliphatic rings. The fraction of sp³-hybridized carbons (Fsp3) is 0.280. The second-order valence-corrected chi connectivity index (χ2v) is 7.91. The van der Waals surface area contributed by atoms with E-state index in [-0.39, 0.29) is 11.6 Å². The summed E-state index contributed by atoms with van der Waals surface area (Å²) < 4.78 is 0. The van der Waals surface area contributed by atoms with Crippen LogP contribution in [0.4, 0.5) is 5.69 Å². The molecule has 0 saturated carbocycles. The van der Waals surface area contributed by atoms with Crippen LogP contribution in [0.5, 0.6) is 0 Å². The molecule has 146 valence electrons. The summed E-state index contributed by atoms with van der Waals surface area (Å²) in [7, 11) is 0. The van der Waals surface area contributed by atoms with Gasteiger partial charge in [-0.15, -0.1) is 0 Å². The third-order valence-electron chi connectivity index (χ3n) is 6.15. The summed E-state index contributed by atoms with van der Waals surface area (Å²) in [5.74, 6) is -0.319. The Balaban J connectivity index is 1.55. The van der Waals surface area contributed by atoms with E-state index in [4.69, 9.17) is 0 Å². The minimum atomic E-state index is -0.160. The summed E-state index contributed by atoms with van der Waals surface area (Å²) in [6, 6.07) is 15.3. The van der Waals surface area contributed by atoms with E-state index in [9.17, 15) is 9.59 Å². The molecule has 5 rings (SSSR count). The number of nitrogens with zero attached hydrogens (tertiary/aromatic N) is 2. The molecule has 1 fully saturated rings. The van der Waals surface area contributed by atoms with Crippen molar-refractivity contribution in [3.05, 3.63) is 82.6 Å². The monoisotopic (exact) mass is 384 g/mol. The number of fused-ring (bicyclic) bond motifs is 2. The van der Waals surface area contributed by atoms with Crippen molar-refractivity contribution in [2.75, 3.05) is 31.1 Å². The van der Waals surface area contributed by atoms with Gasteiger partial charge in [-0.2, -0.15) is 0 Å². The Morgan fingerprint density at radius 2 is 1.38 bits per heavy atom. The molecule has 0 spiro atoms. The average Bonchev–Trinajstić information content (AvgIpc) is 3.03. The molecule has 2 aliphatic heterocycles. The number of Topliss-reactive ketones (excluding diaryl/α,β-unsaturated/α-hetero) is 2. The predicted molar refractivity (Wildman–Crippen MR) is 115 cm³/mol. The minimum absolute atomic E-state index is 0.160. The van der Waals surface area contributed by atoms with Crippen molar-refractivity contribution in [2.24, 2.45) is 0 Å². The van der Waals surface area contributed by atoms with Gasteiger partial charge in [-0.1, -0.05) is 55.0 Å². The first kappa shape index (κ1) is 18.1. The first-order valence-electron chi connectivity index (χ1n) is 10.4. The number of para-hydroxylation sites is 1. The molecule has 4 nitrogen and oxygen atoms in total. The van der Waals surface area contributed by atoms with Crippen LogP contribution in [0, 0.1) is 0 Å². The molecule has 29 heavy (non-hydrogen) atoms. The highest BCUT2D eigenvalue weighted by Gasteiger charge is 2.37. The molecule has 1 aliphatic carbocycles. The third-order valence-corrected chi connectivity index (χ3v) is 6.15. The lowest BCUT2D eigenvalue weighted by atomic mass is 10.00. The fourth-order valence-electron chi connectivity index (χ4n) is 4.63. The van der Waals surface area contributed by atoms with Crippen molar-refractivity contribution in [1.82, 2.24) is 4.90 Å². The van der Waals surface area contributed by atoms with Gasteiger partial charge in [0.1, 0.15) is 0 Å². The largest absolute Gasteiger partial charge is 0.339 e. The van der Waals surface area contributed by atoms with E-state index in [1.54, 1.807) is 12.1 Å². The Bertz CT molecular complexity index is 1010. The molecule has 0 amide bonds. The number of rotatable bonds is 3. The number of ketones is 2. The molecule has 0 radical (unpaired) electrons. The Hall–Kier alpha value is -2.98. The topological polar surface area (TPSA) is 40.6 Å². The van der Waals surface area contributed by atoms with Crippen LogP contribution in [0.25, 0.3) is 6.08 Å². The molecule has 0 unspecified atom stereocenters. The molecule has 0 N–H and O–H groups in total. The van der Waals surface area contributed by atoms with Crippen LogP contribution < -0.4 is 4.90 Å². The Labute approximate surface area is 171 Å². The van der Waals surface area contributed by atoms with Crippen LogP contribution in [0.2, 0.25) is 0 Å². The van der Waals surface area contributed by atoms with Gasteiger partial charge in [-0.05, 0) is 43.6 Å². The Kier molecular flexibility index (Phi) is 4.64. The SMILES string of the molecule is O=C1C(=C2C=Cc3ccccc3N2CCN2CCCCC2)C(=O)c2ccccc21. The van der Waals surface area contributed by atoms with E-state index in [2.05, 4.69) is 21.9 Å². The number of allylic oxidation sites excluding steroid dienone is 2. The van der Waals surface area contributed by atoms with E-state index >= 15 is 0 Å². The highest BCUT2D eigenvalue weighted by Crippen LogP contribution is 2.36. The van der Waals surface area contributed by atoms with Crippen molar-refractivity contribution in [1.29, 1.82) is 0 Å². The Morgan fingerprint density at radius 1 is 0.724 bits per heavy atom. The van der Waals surface area contributed by atoms with Gasteiger partial charge in [0.2, 0.25) is 0 Å². The predicted octanol–water partition coefficient (Wildman–Crippen LogP) is 4.34. The van der Waals surface area contributed by atoms with Gasteiger partial charge in [-0.25, -0.2) is 0 Å². The lowest BCUT2D eigenvalue weighted by Gasteiger charge is -2.34. The smallest absolute Gasteiger partial charge is 0.199 e. The van der Waals surface area contributed by atoms with Crippen LogP contribution in [-0.4, -0.2) is 42.6 Å². The summed E-state index contributed by atoms with van der Waals surface area (Å²) in [4.78, 5) is 30.9. The summed E-state index contributed by atoms with van der Waals surface area (Å²) in [6.45, 7) is 3.94. The van der Waals surface area contributed by atoms with Gasteiger partial charge in [0.25, 0.3) is 0 Å². The molecule has 0 aromatic heterocycles. The lowest BCUT2D eigenvalue weighted by Crippen LogP contribution is -2.38. The highest BCUT2D eigenvalue weighted by atomic mass is 16.2. The molecule has 2 aromatic rings. The molecule has 2 aromatic carbocycles. The van der Waals surface area contributed by atoms with Crippen LogP contribution in [-0.2, 0) is 0 Å². The zero-order valence-electron chi connectivity index (χ0n) is 16.4. The first-order chi connectivity index (χ1) is 14.2. The van der Waals surface area contributed by atoms with Gasteiger partial charge in [0, 0.05) is 29.9 Å². The van der Waals surface area contributed by atoms with Gasteiger partial charge in [0.05, 0.1) is 11.3 Å². The Morgan fingerprint density at radius 3 is 2.10 bits per heavy atom. The molecule has 2 heterocycles. The number of hydrogen-bond donors (Lipinski definition) is 0. The number of carbonyl (C=O) groups is 2. The van der Waals surface area contributed by atoms with Crippen LogP contribution in [0.15, 0.2) is 65.9 Å². The summed E-state index contributed by atoms with van der Waals surface area (Å²) >= 11 is 0. The quantitative estimate of drug-likeness (QED) is 0.583. The summed E-state index contributed by atoms with van der Waals surface area (Å²) in [5.41, 5.74) is 4.24. The van der Waals surface area contributed by atoms with Crippen LogP contribution in [0.3, 0.4) is 0 Å². The van der Waals surface area contributed by atoms with Crippen molar-refractivity contribution < 1.29 is 9.59 Å². The fourth-order valence-corrected chi connectivity index (χ4v) is 4.63. The van der Waals surface area contributed by atoms with Crippen molar-refractivity contribution in [3.8, 4) is 0 Å². The molecule has 0 atom stereocenters. The van der Waals surface area contributed by atoms with E-state index < -0.39 is 0 Å². The lowest BCUT2D eigenvalue weighted by molar-refractivity contribution is 0.0987. The third kappa shape index (κ3) is 3.14. The maximum absolute atomic E-state index is 13.1. The number of benzene rings is 2. The molecule has 1 saturated heterocycles. The number of likely N-dealkylation sites (tertiary alicyclic amines) is 1. The van der Waals surface area contributed by atoms with Crippen LogP contribution in [0.1, 0.15) is 45.5 Å². The van der Waals surface area contributed by atoms with Gasteiger partial charge >= 0.3 is 0 Å². The highest BCUT2D eigenvalue weighted by molar-refractivity contribution is 6.40. The number of piperidine rings is 1. The zero-order valence-corrected chi connectivity index (χ0v) is 16.4. The number of hydrogen-bond acceptors (Lipinski definition) is 4. The maximum atomic E-state index is 13.1. The summed E-state index contributed by atoms with van der Waals surface area (Å²) in [5, 5.41) is 0. The van der Waals surface area contributed by atoms with E-state index in [1.165, 1.54) is 19.3 Å².